The zero-order valence-corrected chi connectivity index (χ0v) is 10.3. The lowest BCUT2D eigenvalue weighted by atomic mass is 10.1. The van der Waals surface area contributed by atoms with Crippen molar-refractivity contribution in [3.8, 4) is 11.3 Å². The molecule has 0 spiro atoms. The average molecular weight is 256 g/mol. The van der Waals surface area contributed by atoms with Gasteiger partial charge in [-0.05, 0) is 36.2 Å². The van der Waals surface area contributed by atoms with Crippen molar-refractivity contribution >= 4 is 17.6 Å². The molecule has 1 aliphatic heterocycles. The summed E-state index contributed by atoms with van der Waals surface area (Å²) in [5.74, 6) is -0.959. The summed E-state index contributed by atoms with van der Waals surface area (Å²) in [4.78, 5) is 25.4. The maximum Gasteiger partial charge on any atom is 0.337 e. The van der Waals surface area contributed by atoms with E-state index in [1.807, 2.05) is 18.2 Å². The number of amides is 1. The molecule has 0 radical (unpaired) electrons. The number of aromatic amines is 1. The normalized spacial score (nSPS) is 13.2. The van der Waals surface area contributed by atoms with E-state index in [0.717, 1.165) is 22.5 Å². The Morgan fingerprint density at radius 1 is 1.32 bits per heavy atom. The highest BCUT2D eigenvalue weighted by Gasteiger charge is 2.19. The molecule has 19 heavy (non-hydrogen) atoms. The van der Waals surface area contributed by atoms with Crippen molar-refractivity contribution in [3.63, 3.8) is 0 Å². The van der Waals surface area contributed by atoms with Gasteiger partial charge in [0.2, 0.25) is 5.91 Å². The van der Waals surface area contributed by atoms with Crippen LogP contribution >= 0.6 is 0 Å². The molecular formula is C14H12N2O3. The van der Waals surface area contributed by atoms with Crippen LogP contribution in [0.2, 0.25) is 0 Å². The van der Waals surface area contributed by atoms with Gasteiger partial charge in [0, 0.05) is 17.1 Å². The van der Waals surface area contributed by atoms with E-state index in [-0.39, 0.29) is 11.5 Å². The number of aromatic carboxylic acids is 1. The van der Waals surface area contributed by atoms with E-state index in [1.165, 1.54) is 0 Å². The van der Waals surface area contributed by atoms with Crippen LogP contribution in [0.1, 0.15) is 21.6 Å². The van der Waals surface area contributed by atoms with Gasteiger partial charge in [-0.3, -0.25) is 4.79 Å². The molecule has 5 nitrogen and oxygen atoms in total. The molecule has 1 aliphatic rings. The number of carboxylic acids is 1. The summed E-state index contributed by atoms with van der Waals surface area (Å²) in [6.45, 7) is 1.73. The first-order chi connectivity index (χ1) is 9.04. The predicted octanol–water partition coefficient (Wildman–Crippen LogP) is 2.18. The molecule has 0 fully saturated rings. The lowest BCUT2D eigenvalue weighted by molar-refractivity contribution is -0.115. The second-order valence-corrected chi connectivity index (χ2v) is 4.62. The van der Waals surface area contributed by atoms with Crippen LogP contribution in [0.3, 0.4) is 0 Å². The summed E-state index contributed by atoms with van der Waals surface area (Å²) in [5, 5.41) is 11.8. The number of aromatic nitrogens is 1. The second-order valence-electron chi connectivity index (χ2n) is 4.62. The average Bonchev–Trinajstić information content (AvgIpc) is 2.89. The highest BCUT2D eigenvalue weighted by atomic mass is 16.4. The number of benzene rings is 1. The van der Waals surface area contributed by atoms with Crippen LogP contribution in [0.15, 0.2) is 24.3 Å². The summed E-state index contributed by atoms with van der Waals surface area (Å²) >= 11 is 0. The molecule has 0 aliphatic carbocycles. The molecule has 1 amide bonds. The first kappa shape index (κ1) is 11.5. The van der Waals surface area contributed by atoms with Crippen molar-refractivity contribution in [1.29, 1.82) is 0 Å². The lowest BCUT2D eigenvalue weighted by Gasteiger charge is -2.02. The number of fused-ring (bicyclic) bond motifs is 1. The molecule has 3 N–H and O–H groups in total. The van der Waals surface area contributed by atoms with Crippen molar-refractivity contribution in [2.45, 2.75) is 13.3 Å². The van der Waals surface area contributed by atoms with Gasteiger partial charge in [-0.25, -0.2) is 4.79 Å². The fourth-order valence-corrected chi connectivity index (χ4v) is 2.33. The number of rotatable bonds is 2. The van der Waals surface area contributed by atoms with E-state index < -0.39 is 5.97 Å². The molecule has 1 aromatic carbocycles. The van der Waals surface area contributed by atoms with Crippen LogP contribution in [-0.2, 0) is 11.2 Å². The topological polar surface area (TPSA) is 82.2 Å². The van der Waals surface area contributed by atoms with E-state index >= 15 is 0 Å². The number of aryl methyl sites for hydroxylation is 1. The Bertz CT molecular complexity index is 701. The molecule has 0 saturated heterocycles. The first-order valence-corrected chi connectivity index (χ1v) is 5.90. The van der Waals surface area contributed by atoms with Crippen molar-refractivity contribution in [3.05, 3.63) is 41.1 Å². The number of hydrogen-bond acceptors (Lipinski definition) is 2. The smallest absolute Gasteiger partial charge is 0.337 e. The van der Waals surface area contributed by atoms with Crippen molar-refractivity contribution in [2.75, 3.05) is 5.32 Å². The van der Waals surface area contributed by atoms with Gasteiger partial charge in [-0.15, -0.1) is 0 Å². The molecule has 0 saturated carbocycles. The minimum atomic E-state index is -0.946. The third-order valence-electron chi connectivity index (χ3n) is 3.29. The monoisotopic (exact) mass is 256 g/mol. The molecule has 3 rings (SSSR count). The quantitative estimate of drug-likeness (QED) is 0.770. The summed E-state index contributed by atoms with van der Waals surface area (Å²) < 4.78 is 0. The van der Waals surface area contributed by atoms with Crippen molar-refractivity contribution in [1.82, 2.24) is 4.98 Å². The Hall–Kier alpha value is -2.56. The van der Waals surface area contributed by atoms with E-state index in [4.69, 9.17) is 5.11 Å². The molecule has 1 aromatic heterocycles. The number of H-pyrrole nitrogens is 1. The second kappa shape index (κ2) is 3.98. The number of nitrogens with one attached hydrogen (secondary N) is 2. The summed E-state index contributed by atoms with van der Waals surface area (Å²) in [6.07, 6.45) is 0.370. The largest absolute Gasteiger partial charge is 0.478 e. The fourth-order valence-electron chi connectivity index (χ4n) is 2.33. The Morgan fingerprint density at radius 3 is 2.79 bits per heavy atom. The van der Waals surface area contributed by atoms with Gasteiger partial charge in [-0.2, -0.15) is 0 Å². The SMILES string of the molecule is Cc1[nH]c(-c2ccc3c(c2)CC(=O)N3)cc1C(=O)O. The number of carbonyl (C=O) groups excluding carboxylic acids is 1. The molecule has 2 aromatic rings. The van der Waals surface area contributed by atoms with Gasteiger partial charge in [0.05, 0.1) is 12.0 Å². The fraction of sp³-hybridized carbons (Fsp3) is 0.143. The minimum absolute atomic E-state index is 0.0129. The minimum Gasteiger partial charge on any atom is -0.478 e. The highest BCUT2D eigenvalue weighted by Crippen LogP contribution is 2.29. The Kier molecular flexibility index (Phi) is 2.41. The van der Waals surface area contributed by atoms with E-state index in [2.05, 4.69) is 10.3 Å². The number of carboxylic acid groups (broad SMARTS) is 1. The van der Waals surface area contributed by atoms with Crippen LogP contribution in [0.4, 0.5) is 5.69 Å². The van der Waals surface area contributed by atoms with Gasteiger partial charge < -0.3 is 15.4 Å². The predicted molar refractivity (Wildman–Crippen MR) is 70.3 cm³/mol. The van der Waals surface area contributed by atoms with Crippen LogP contribution in [0.5, 0.6) is 0 Å². The maximum absolute atomic E-state index is 11.3. The lowest BCUT2D eigenvalue weighted by Crippen LogP contribution is -2.03. The third kappa shape index (κ3) is 1.89. The van der Waals surface area contributed by atoms with Crippen LogP contribution in [0.25, 0.3) is 11.3 Å². The molecule has 96 valence electrons. The van der Waals surface area contributed by atoms with Crippen LogP contribution in [0, 0.1) is 6.92 Å². The Balaban J connectivity index is 2.04. The van der Waals surface area contributed by atoms with E-state index in [0.29, 0.717) is 12.1 Å². The van der Waals surface area contributed by atoms with Gasteiger partial charge >= 0.3 is 5.97 Å². The van der Waals surface area contributed by atoms with Gasteiger partial charge in [-0.1, -0.05) is 6.07 Å². The summed E-state index contributed by atoms with van der Waals surface area (Å²) in [6, 6.07) is 7.22. The standard InChI is InChI=1S/C14H12N2O3/c1-7-10(14(18)19)6-12(15-7)8-2-3-11-9(4-8)5-13(17)16-11/h2-4,6,15H,5H2,1H3,(H,16,17)(H,18,19). The van der Waals surface area contributed by atoms with E-state index in [1.54, 1.807) is 13.0 Å². The molecule has 2 heterocycles. The number of hydrogen-bond donors (Lipinski definition) is 3. The summed E-state index contributed by atoms with van der Waals surface area (Å²) in [5.41, 5.74) is 4.28. The van der Waals surface area contributed by atoms with Crippen molar-refractivity contribution in [2.24, 2.45) is 0 Å². The Labute approximate surface area is 109 Å². The molecule has 0 unspecified atom stereocenters. The maximum atomic E-state index is 11.3. The van der Waals surface area contributed by atoms with Crippen LogP contribution in [-0.4, -0.2) is 22.0 Å². The third-order valence-corrected chi connectivity index (χ3v) is 3.29. The zero-order valence-electron chi connectivity index (χ0n) is 10.3. The highest BCUT2D eigenvalue weighted by molar-refractivity contribution is 5.99. The molecule has 0 atom stereocenters. The van der Waals surface area contributed by atoms with Crippen molar-refractivity contribution < 1.29 is 14.7 Å². The first-order valence-electron chi connectivity index (χ1n) is 5.90. The van der Waals surface area contributed by atoms with Gasteiger partial charge in [0.25, 0.3) is 0 Å². The van der Waals surface area contributed by atoms with Gasteiger partial charge in [0.15, 0.2) is 0 Å². The number of anilines is 1. The molecule has 0 bridgehead atoms. The zero-order chi connectivity index (χ0) is 13.6. The van der Waals surface area contributed by atoms with Crippen LogP contribution < -0.4 is 5.32 Å². The molecular weight excluding hydrogens is 244 g/mol. The Morgan fingerprint density at radius 2 is 2.11 bits per heavy atom. The summed E-state index contributed by atoms with van der Waals surface area (Å²) in [7, 11) is 0. The molecule has 5 heteroatoms. The van der Waals surface area contributed by atoms with E-state index in [9.17, 15) is 9.59 Å². The number of carbonyl (C=O) groups is 2. The van der Waals surface area contributed by atoms with Gasteiger partial charge in [0.1, 0.15) is 0 Å².